The van der Waals surface area contributed by atoms with E-state index < -0.39 is 29.1 Å². The second-order valence-corrected chi connectivity index (χ2v) is 8.92. The van der Waals surface area contributed by atoms with Gasteiger partial charge in [-0.15, -0.1) is 0 Å². The van der Waals surface area contributed by atoms with Gasteiger partial charge in [0.05, 0.1) is 4.92 Å². The third-order valence-electron chi connectivity index (χ3n) is 6.38. The number of non-ortho nitro benzene ring substituents is 1. The van der Waals surface area contributed by atoms with Crippen molar-refractivity contribution < 1.29 is 33.9 Å². The first-order valence-electron chi connectivity index (χ1n) is 12.4. The smallest absolute Gasteiger partial charge is 0.412 e. The zero-order valence-corrected chi connectivity index (χ0v) is 20.9. The third kappa shape index (κ3) is 6.89. The zero-order valence-electron chi connectivity index (χ0n) is 20.9. The molecule has 3 N–H and O–H groups in total. The van der Waals surface area contributed by atoms with Gasteiger partial charge in [0, 0.05) is 24.6 Å². The number of fused-ring (bicyclic) bond motifs is 3. The highest BCUT2D eigenvalue weighted by Crippen LogP contribution is 2.44. The first-order valence-corrected chi connectivity index (χ1v) is 12.4. The van der Waals surface area contributed by atoms with Crippen molar-refractivity contribution in [3.8, 4) is 16.9 Å². The Morgan fingerprint density at radius 2 is 1.51 bits per heavy atom. The quantitative estimate of drug-likeness (QED) is 0.179. The molecule has 0 bridgehead atoms. The minimum absolute atomic E-state index is 0.0764. The molecule has 11 nitrogen and oxygen atoms in total. The molecule has 0 radical (unpaired) electrons. The second-order valence-electron chi connectivity index (χ2n) is 8.92. The SMILES string of the molecule is O=C(N[C@@H](CCCCNC(=O)Oc1ccc([N+](=O)[O-])cc1)C(=O)O)OCC1c2ccccc2-c2ccccc21. The van der Waals surface area contributed by atoms with Crippen LogP contribution in [-0.4, -0.2) is 47.4 Å². The Balaban J connectivity index is 1.19. The van der Waals surface area contributed by atoms with Crippen molar-refractivity contribution in [2.45, 2.75) is 31.2 Å². The number of carboxylic acids is 1. The number of nitro benzene ring substituents is 1. The summed E-state index contributed by atoms with van der Waals surface area (Å²) in [5, 5.41) is 25.1. The topological polar surface area (TPSA) is 157 Å². The van der Waals surface area contributed by atoms with Crippen molar-refractivity contribution in [2.24, 2.45) is 0 Å². The maximum absolute atomic E-state index is 12.4. The summed E-state index contributed by atoms with van der Waals surface area (Å²) in [6, 6.07) is 19.7. The van der Waals surface area contributed by atoms with Crippen LogP contribution in [-0.2, 0) is 9.53 Å². The van der Waals surface area contributed by atoms with Crippen LogP contribution in [0.3, 0.4) is 0 Å². The number of nitrogens with zero attached hydrogens (tertiary/aromatic N) is 1. The number of nitrogens with one attached hydrogen (secondary N) is 2. The standard InChI is InChI=1S/C28H27N3O8/c32-26(33)25(11-5-6-16-29-27(34)39-19-14-12-18(13-15-19)31(36)37)30-28(35)38-17-24-22-9-3-1-7-20(22)21-8-2-4-10-23(21)24/h1-4,7-10,12-15,24-25H,5-6,11,16-17H2,(H,29,34)(H,30,35)(H,32,33)/t25-/m0/s1. The Labute approximate surface area is 223 Å². The average Bonchev–Trinajstić information content (AvgIpc) is 3.25. The van der Waals surface area contributed by atoms with Crippen LogP contribution >= 0.6 is 0 Å². The molecule has 39 heavy (non-hydrogen) atoms. The van der Waals surface area contributed by atoms with Crippen LogP contribution in [0.25, 0.3) is 11.1 Å². The number of aliphatic carboxylic acids is 1. The lowest BCUT2D eigenvalue weighted by Crippen LogP contribution is -2.41. The van der Waals surface area contributed by atoms with E-state index in [0.29, 0.717) is 12.8 Å². The highest BCUT2D eigenvalue weighted by atomic mass is 16.6. The molecule has 11 heteroatoms. The van der Waals surface area contributed by atoms with Crippen LogP contribution in [0.2, 0.25) is 0 Å². The molecule has 0 saturated heterocycles. The largest absolute Gasteiger partial charge is 0.480 e. The van der Waals surface area contributed by atoms with Gasteiger partial charge in [-0.05, 0) is 53.6 Å². The number of unbranched alkanes of at least 4 members (excludes halogenated alkanes) is 1. The first kappa shape index (κ1) is 27.1. The lowest BCUT2D eigenvalue weighted by atomic mass is 9.98. The molecule has 2 amide bonds. The summed E-state index contributed by atoms with van der Waals surface area (Å²) < 4.78 is 10.5. The number of carbonyl (C=O) groups excluding carboxylic acids is 2. The van der Waals surface area contributed by atoms with E-state index in [4.69, 9.17) is 9.47 Å². The number of hydrogen-bond acceptors (Lipinski definition) is 7. The molecule has 0 unspecified atom stereocenters. The molecule has 0 saturated carbocycles. The maximum Gasteiger partial charge on any atom is 0.412 e. The van der Waals surface area contributed by atoms with Gasteiger partial charge in [0.25, 0.3) is 5.69 Å². The highest BCUT2D eigenvalue weighted by molar-refractivity contribution is 5.81. The number of rotatable bonds is 11. The monoisotopic (exact) mass is 533 g/mol. The number of ether oxygens (including phenoxy) is 2. The average molecular weight is 534 g/mol. The lowest BCUT2D eigenvalue weighted by molar-refractivity contribution is -0.384. The molecule has 4 rings (SSSR count). The number of carbonyl (C=O) groups is 3. The van der Waals surface area contributed by atoms with Gasteiger partial charge in [0.1, 0.15) is 18.4 Å². The Bertz CT molecular complexity index is 1310. The number of nitro groups is 1. The van der Waals surface area contributed by atoms with Crippen LogP contribution in [0.5, 0.6) is 5.75 Å². The lowest BCUT2D eigenvalue weighted by Gasteiger charge is -2.17. The molecule has 202 valence electrons. The fraction of sp³-hybridized carbons (Fsp3) is 0.250. The molecular formula is C28H27N3O8. The van der Waals surface area contributed by atoms with Crippen LogP contribution < -0.4 is 15.4 Å². The number of hydrogen-bond donors (Lipinski definition) is 3. The summed E-state index contributed by atoms with van der Waals surface area (Å²) in [6.45, 7) is 0.288. The first-order chi connectivity index (χ1) is 18.8. The summed E-state index contributed by atoms with van der Waals surface area (Å²) in [5.41, 5.74) is 4.18. The van der Waals surface area contributed by atoms with E-state index in [0.717, 1.165) is 22.3 Å². The van der Waals surface area contributed by atoms with Gasteiger partial charge in [0.15, 0.2) is 0 Å². The molecule has 0 heterocycles. The molecule has 1 aliphatic carbocycles. The molecule has 0 aromatic heterocycles. The molecule has 3 aromatic carbocycles. The van der Waals surface area contributed by atoms with Crippen molar-refractivity contribution in [1.29, 1.82) is 0 Å². The minimum atomic E-state index is -1.19. The summed E-state index contributed by atoms with van der Waals surface area (Å²) >= 11 is 0. The van der Waals surface area contributed by atoms with Crippen molar-refractivity contribution in [2.75, 3.05) is 13.2 Å². The van der Waals surface area contributed by atoms with Gasteiger partial charge in [-0.25, -0.2) is 14.4 Å². The van der Waals surface area contributed by atoms with E-state index in [9.17, 15) is 29.6 Å². The zero-order chi connectivity index (χ0) is 27.8. The molecule has 0 aliphatic heterocycles. The third-order valence-corrected chi connectivity index (χ3v) is 6.38. The second kappa shape index (κ2) is 12.5. The Morgan fingerprint density at radius 1 is 0.897 bits per heavy atom. The Kier molecular flexibility index (Phi) is 8.72. The van der Waals surface area contributed by atoms with E-state index in [-0.39, 0.29) is 36.9 Å². The molecule has 0 spiro atoms. The van der Waals surface area contributed by atoms with E-state index in [1.807, 2.05) is 48.5 Å². The molecule has 1 aliphatic rings. The predicted octanol–water partition coefficient (Wildman–Crippen LogP) is 4.85. The van der Waals surface area contributed by atoms with Crippen molar-refractivity contribution in [3.63, 3.8) is 0 Å². The van der Waals surface area contributed by atoms with E-state index >= 15 is 0 Å². The van der Waals surface area contributed by atoms with Crippen molar-refractivity contribution in [1.82, 2.24) is 10.6 Å². The molecule has 0 fully saturated rings. The maximum atomic E-state index is 12.4. The molecular weight excluding hydrogens is 506 g/mol. The molecule has 1 atom stereocenters. The van der Waals surface area contributed by atoms with Gasteiger partial charge < -0.3 is 25.2 Å². The number of carboxylic acid groups (broad SMARTS) is 1. The van der Waals surface area contributed by atoms with Crippen molar-refractivity contribution in [3.05, 3.63) is 94.0 Å². The fourth-order valence-electron chi connectivity index (χ4n) is 4.48. The normalized spacial score (nSPS) is 12.5. The molecule has 3 aromatic rings. The summed E-state index contributed by atoms with van der Waals surface area (Å²) in [7, 11) is 0. The van der Waals surface area contributed by atoms with E-state index in [2.05, 4.69) is 10.6 Å². The minimum Gasteiger partial charge on any atom is -0.480 e. The van der Waals surface area contributed by atoms with Crippen LogP contribution in [0.1, 0.15) is 36.3 Å². The Morgan fingerprint density at radius 3 is 2.10 bits per heavy atom. The van der Waals surface area contributed by atoms with Crippen molar-refractivity contribution >= 4 is 23.8 Å². The fourth-order valence-corrected chi connectivity index (χ4v) is 4.48. The van der Waals surface area contributed by atoms with Crippen LogP contribution in [0, 0.1) is 10.1 Å². The number of alkyl carbamates (subject to hydrolysis) is 1. The van der Waals surface area contributed by atoms with Gasteiger partial charge >= 0.3 is 18.2 Å². The Hall–Kier alpha value is -4.93. The van der Waals surface area contributed by atoms with Crippen LogP contribution in [0.15, 0.2) is 72.8 Å². The predicted molar refractivity (Wildman–Crippen MR) is 141 cm³/mol. The van der Waals surface area contributed by atoms with Gasteiger partial charge in [0.2, 0.25) is 0 Å². The van der Waals surface area contributed by atoms with E-state index in [1.54, 1.807) is 0 Å². The van der Waals surface area contributed by atoms with Gasteiger partial charge in [-0.2, -0.15) is 0 Å². The summed E-state index contributed by atoms with van der Waals surface area (Å²) in [6.07, 6.45) is -0.577. The van der Waals surface area contributed by atoms with Crippen LogP contribution in [0.4, 0.5) is 15.3 Å². The van der Waals surface area contributed by atoms with Gasteiger partial charge in [-0.3, -0.25) is 10.1 Å². The number of benzene rings is 3. The summed E-state index contributed by atoms with van der Waals surface area (Å²) in [5.74, 6) is -1.17. The number of amides is 2. The van der Waals surface area contributed by atoms with E-state index in [1.165, 1.54) is 24.3 Å². The van der Waals surface area contributed by atoms with Gasteiger partial charge in [-0.1, -0.05) is 48.5 Å². The highest BCUT2D eigenvalue weighted by Gasteiger charge is 2.29. The summed E-state index contributed by atoms with van der Waals surface area (Å²) in [4.78, 5) is 46.1.